The molecule has 19 heavy (non-hydrogen) atoms. The summed E-state index contributed by atoms with van der Waals surface area (Å²) < 4.78 is 14.6. The first kappa shape index (κ1) is 15.0. The van der Waals surface area contributed by atoms with Crippen LogP contribution in [0.15, 0.2) is 24.3 Å². The first-order chi connectivity index (χ1) is 8.85. The van der Waals surface area contributed by atoms with E-state index in [0.717, 1.165) is 5.56 Å². The molecule has 5 heteroatoms. The zero-order chi connectivity index (χ0) is 14.5. The van der Waals surface area contributed by atoms with E-state index in [1.165, 1.54) is 13.8 Å². The van der Waals surface area contributed by atoms with Crippen molar-refractivity contribution in [1.29, 1.82) is 0 Å². The van der Waals surface area contributed by atoms with Crippen molar-refractivity contribution >= 4 is 12.1 Å². The van der Waals surface area contributed by atoms with Gasteiger partial charge < -0.3 is 14.2 Å². The van der Waals surface area contributed by atoms with E-state index < -0.39 is 17.7 Å². The Kier molecular flexibility index (Phi) is 4.92. The summed E-state index contributed by atoms with van der Waals surface area (Å²) in [6, 6.07) is 7.25. The summed E-state index contributed by atoms with van der Waals surface area (Å²) in [7, 11) is 0. The third-order valence-corrected chi connectivity index (χ3v) is 2.29. The maximum absolute atomic E-state index is 11.8. The van der Waals surface area contributed by atoms with E-state index >= 15 is 0 Å². The van der Waals surface area contributed by atoms with E-state index in [4.69, 9.17) is 4.74 Å². The van der Waals surface area contributed by atoms with Crippen molar-refractivity contribution in [3.05, 3.63) is 29.8 Å². The molecule has 0 bridgehead atoms. The van der Waals surface area contributed by atoms with E-state index in [-0.39, 0.29) is 6.61 Å². The molecule has 0 radical (unpaired) electrons. The predicted molar refractivity (Wildman–Crippen MR) is 69.0 cm³/mol. The number of hydrogen-bond donors (Lipinski definition) is 0. The predicted octanol–water partition coefficient (Wildman–Crippen LogP) is 2.85. The SMILES string of the molecule is CCOC(=O)OC(=O)C(C)(C)Oc1cccc(C)c1. The molecule has 104 valence electrons. The maximum Gasteiger partial charge on any atom is 0.516 e. The van der Waals surface area contributed by atoms with Gasteiger partial charge in [0.2, 0.25) is 5.60 Å². The van der Waals surface area contributed by atoms with Gasteiger partial charge in [-0.2, -0.15) is 0 Å². The van der Waals surface area contributed by atoms with Crippen LogP contribution in [0.2, 0.25) is 0 Å². The lowest BCUT2D eigenvalue weighted by molar-refractivity contribution is -0.154. The lowest BCUT2D eigenvalue weighted by Gasteiger charge is -2.23. The van der Waals surface area contributed by atoms with Gasteiger partial charge in [0.05, 0.1) is 6.61 Å². The van der Waals surface area contributed by atoms with Gasteiger partial charge >= 0.3 is 12.1 Å². The van der Waals surface area contributed by atoms with Gasteiger partial charge in [0, 0.05) is 0 Å². The summed E-state index contributed by atoms with van der Waals surface area (Å²) in [4.78, 5) is 22.9. The fourth-order valence-corrected chi connectivity index (χ4v) is 1.36. The Morgan fingerprint density at radius 3 is 2.53 bits per heavy atom. The van der Waals surface area contributed by atoms with Crippen LogP contribution in [-0.2, 0) is 14.3 Å². The fraction of sp³-hybridized carbons (Fsp3) is 0.429. The van der Waals surface area contributed by atoms with Gasteiger partial charge in [0.25, 0.3) is 0 Å². The van der Waals surface area contributed by atoms with Crippen LogP contribution in [0.1, 0.15) is 26.3 Å². The number of carbonyl (C=O) groups excluding carboxylic acids is 2. The van der Waals surface area contributed by atoms with E-state index in [1.54, 1.807) is 19.1 Å². The lowest BCUT2D eigenvalue weighted by atomic mass is 10.1. The van der Waals surface area contributed by atoms with E-state index in [9.17, 15) is 9.59 Å². The van der Waals surface area contributed by atoms with Gasteiger partial charge in [0.1, 0.15) is 5.75 Å². The van der Waals surface area contributed by atoms with Crippen LogP contribution in [0.3, 0.4) is 0 Å². The first-order valence-electron chi connectivity index (χ1n) is 6.00. The Morgan fingerprint density at radius 1 is 1.26 bits per heavy atom. The van der Waals surface area contributed by atoms with Crippen molar-refractivity contribution in [3.63, 3.8) is 0 Å². The van der Waals surface area contributed by atoms with E-state index in [0.29, 0.717) is 5.75 Å². The molecule has 5 nitrogen and oxygen atoms in total. The van der Waals surface area contributed by atoms with Gasteiger partial charge in [-0.3, -0.25) is 0 Å². The molecule has 0 fully saturated rings. The molecule has 0 aliphatic rings. The number of carbonyl (C=O) groups is 2. The second-order valence-corrected chi connectivity index (χ2v) is 4.50. The normalized spacial score (nSPS) is 10.7. The molecule has 0 amide bonds. The van der Waals surface area contributed by atoms with Crippen molar-refractivity contribution in [1.82, 2.24) is 0 Å². The van der Waals surface area contributed by atoms with Gasteiger partial charge in [-0.05, 0) is 45.4 Å². The molecule has 0 aliphatic heterocycles. The van der Waals surface area contributed by atoms with Crippen molar-refractivity contribution in [2.75, 3.05) is 6.61 Å². The lowest BCUT2D eigenvalue weighted by Crippen LogP contribution is -2.40. The molecule has 0 spiro atoms. The quantitative estimate of drug-likeness (QED) is 0.619. The third-order valence-electron chi connectivity index (χ3n) is 2.29. The minimum absolute atomic E-state index is 0.144. The van der Waals surface area contributed by atoms with Gasteiger partial charge in [0.15, 0.2) is 0 Å². The number of ether oxygens (including phenoxy) is 3. The second-order valence-electron chi connectivity index (χ2n) is 4.50. The molecule has 1 aromatic rings. The number of rotatable bonds is 4. The van der Waals surface area contributed by atoms with Crippen LogP contribution in [0, 0.1) is 6.92 Å². The summed E-state index contributed by atoms with van der Waals surface area (Å²) in [6.07, 6.45) is -1.02. The monoisotopic (exact) mass is 266 g/mol. The Labute approximate surface area is 112 Å². The minimum atomic E-state index is -1.28. The standard InChI is InChI=1S/C14H18O5/c1-5-17-13(16)18-12(15)14(3,4)19-11-8-6-7-10(2)9-11/h6-9H,5H2,1-4H3. The number of hydrogen-bond acceptors (Lipinski definition) is 5. The van der Waals surface area contributed by atoms with E-state index in [1.807, 2.05) is 19.1 Å². The molecule has 0 N–H and O–H groups in total. The Hall–Kier alpha value is -2.04. The van der Waals surface area contributed by atoms with Crippen molar-refractivity contribution in [2.45, 2.75) is 33.3 Å². The highest BCUT2D eigenvalue weighted by Gasteiger charge is 2.34. The number of benzene rings is 1. The van der Waals surface area contributed by atoms with Crippen molar-refractivity contribution in [2.24, 2.45) is 0 Å². The third kappa shape index (κ3) is 4.62. The molecule has 0 aromatic heterocycles. The second kappa shape index (κ2) is 6.22. The highest BCUT2D eigenvalue weighted by molar-refractivity contribution is 5.87. The maximum atomic E-state index is 11.8. The molecule has 0 atom stereocenters. The molecule has 0 saturated heterocycles. The summed E-state index contributed by atoms with van der Waals surface area (Å²) in [6.45, 7) is 6.73. The minimum Gasteiger partial charge on any atom is -0.476 e. The molecule has 0 heterocycles. The van der Waals surface area contributed by atoms with Crippen LogP contribution in [0.5, 0.6) is 5.75 Å². The average molecular weight is 266 g/mol. The molecule has 1 aromatic carbocycles. The highest BCUT2D eigenvalue weighted by Crippen LogP contribution is 2.20. The summed E-state index contributed by atoms with van der Waals surface area (Å²) in [5.74, 6) is -0.265. The van der Waals surface area contributed by atoms with Gasteiger partial charge in [-0.25, -0.2) is 9.59 Å². The van der Waals surface area contributed by atoms with Crippen LogP contribution >= 0.6 is 0 Å². The van der Waals surface area contributed by atoms with Crippen molar-refractivity contribution < 1.29 is 23.8 Å². The highest BCUT2D eigenvalue weighted by atomic mass is 16.7. The molecule has 1 rings (SSSR count). The molecule has 0 unspecified atom stereocenters. The Bertz CT molecular complexity index is 465. The summed E-state index contributed by atoms with van der Waals surface area (Å²) in [5.41, 5.74) is -0.271. The molecular weight excluding hydrogens is 248 g/mol. The fourth-order valence-electron chi connectivity index (χ4n) is 1.36. The Morgan fingerprint density at radius 2 is 1.95 bits per heavy atom. The largest absolute Gasteiger partial charge is 0.516 e. The van der Waals surface area contributed by atoms with Gasteiger partial charge in [-0.1, -0.05) is 12.1 Å². The van der Waals surface area contributed by atoms with Crippen LogP contribution in [-0.4, -0.2) is 24.3 Å². The van der Waals surface area contributed by atoms with E-state index in [2.05, 4.69) is 9.47 Å². The first-order valence-corrected chi connectivity index (χ1v) is 6.00. The number of esters is 1. The average Bonchev–Trinajstić information content (AvgIpc) is 2.28. The smallest absolute Gasteiger partial charge is 0.476 e. The molecule has 0 saturated carbocycles. The molecule has 0 aliphatic carbocycles. The zero-order valence-corrected chi connectivity index (χ0v) is 11.6. The number of aryl methyl sites for hydroxylation is 1. The summed E-state index contributed by atoms with van der Waals surface area (Å²) >= 11 is 0. The summed E-state index contributed by atoms with van der Waals surface area (Å²) in [5, 5.41) is 0. The Balaban J connectivity index is 2.69. The topological polar surface area (TPSA) is 61.8 Å². The molecular formula is C14H18O5. The van der Waals surface area contributed by atoms with Crippen molar-refractivity contribution in [3.8, 4) is 5.75 Å². The van der Waals surface area contributed by atoms with Crippen LogP contribution < -0.4 is 4.74 Å². The zero-order valence-electron chi connectivity index (χ0n) is 11.6. The van der Waals surface area contributed by atoms with Gasteiger partial charge in [-0.15, -0.1) is 0 Å². The van der Waals surface area contributed by atoms with Crippen LogP contribution in [0.4, 0.5) is 4.79 Å². The van der Waals surface area contributed by atoms with Crippen LogP contribution in [0.25, 0.3) is 0 Å².